The third kappa shape index (κ3) is 2.86. The summed E-state index contributed by atoms with van der Waals surface area (Å²) in [6.45, 7) is 3.85. The molecule has 4 heterocycles. The molecule has 144 valence electrons. The molecule has 1 fully saturated rings. The number of hydrogen-bond acceptors (Lipinski definition) is 7. The molecule has 0 aliphatic carbocycles. The van der Waals surface area contributed by atoms with E-state index in [1.165, 1.54) is 0 Å². The molecule has 1 saturated heterocycles. The Bertz CT molecular complexity index is 1040. The maximum absolute atomic E-state index is 13.0. The maximum atomic E-state index is 13.0. The highest BCUT2D eigenvalue weighted by Gasteiger charge is 2.29. The monoisotopic (exact) mass is 380 g/mol. The molecule has 0 radical (unpaired) electrons. The summed E-state index contributed by atoms with van der Waals surface area (Å²) in [6.07, 6.45) is 1.82. The van der Waals surface area contributed by atoms with E-state index in [0.29, 0.717) is 49.3 Å². The van der Waals surface area contributed by atoms with Crippen LogP contribution < -0.4 is 9.64 Å². The van der Waals surface area contributed by atoms with Crippen molar-refractivity contribution in [1.82, 2.24) is 14.9 Å². The number of ether oxygens (including phenoxy) is 2. The van der Waals surface area contributed by atoms with E-state index in [1.54, 1.807) is 18.1 Å². The highest BCUT2D eigenvalue weighted by atomic mass is 16.5. The Kier molecular flexibility index (Phi) is 4.12. The number of nitrogens with zero attached hydrogens (tertiary/aromatic N) is 4. The van der Waals surface area contributed by atoms with Crippen LogP contribution in [0.15, 0.2) is 34.9 Å². The van der Waals surface area contributed by atoms with Crippen LogP contribution in [0.5, 0.6) is 5.75 Å². The molecule has 0 saturated carbocycles. The lowest BCUT2D eigenvalue weighted by Crippen LogP contribution is -2.37. The van der Waals surface area contributed by atoms with Gasteiger partial charge in [-0.25, -0.2) is 9.97 Å². The molecule has 2 aliphatic rings. The summed E-state index contributed by atoms with van der Waals surface area (Å²) >= 11 is 0. The van der Waals surface area contributed by atoms with Crippen LogP contribution in [-0.4, -0.2) is 54.2 Å². The first-order chi connectivity index (χ1) is 13.7. The Balaban J connectivity index is 1.38. The van der Waals surface area contributed by atoms with Gasteiger partial charge in [0.1, 0.15) is 0 Å². The molecule has 5 rings (SSSR count). The largest absolute Gasteiger partial charge is 0.493 e. The minimum absolute atomic E-state index is 0.163. The van der Waals surface area contributed by atoms with E-state index in [4.69, 9.17) is 13.9 Å². The number of methoxy groups -OCH3 is 1. The Morgan fingerprint density at radius 1 is 1.21 bits per heavy atom. The van der Waals surface area contributed by atoms with E-state index in [1.807, 2.05) is 24.4 Å². The minimum Gasteiger partial charge on any atom is -0.493 e. The van der Waals surface area contributed by atoms with Crippen LogP contribution in [0.4, 0.5) is 5.95 Å². The van der Waals surface area contributed by atoms with Gasteiger partial charge in [0.25, 0.3) is 5.91 Å². The fourth-order valence-corrected chi connectivity index (χ4v) is 3.66. The lowest BCUT2D eigenvalue weighted by molar-refractivity contribution is 0.0720. The maximum Gasteiger partial charge on any atom is 0.290 e. The molecule has 1 aromatic carbocycles. The zero-order valence-electron chi connectivity index (χ0n) is 15.6. The number of aromatic nitrogens is 2. The zero-order valence-corrected chi connectivity index (χ0v) is 15.6. The molecule has 8 nitrogen and oxygen atoms in total. The number of hydrogen-bond donors (Lipinski definition) is 0. The molecule has 3 aromatic rings. The lowest BCUT2D eigenvalue weighted by atomic mass is 10.2. The van der Waals surface area contributed by atoms with Crippen LogP contribution in [0.2, 0.25) is 0 Å². The molecule has 1 amide bonds. The number of rotatable bonds is 3. The molecule has 0 N–H and O–H groups in total. The summed E-state index contributed by atoms with van der Waals surface area (Å²) in [5.74, 6) is 1.45. The first-order valence-corrected chi connectivity index (χ1v) is 9.26. The third-order valence-electron chi connectivity index (χ3n) is 5.16. The number of para-hydroxylation sites is 1. The second-order valence-electron chi connectivity index (χ2n) is 6.89. The third-order valence-corrected chi connectivity index (χ3v) is 5.16. The summed E-state index contributed by atoms with van der Waals surface area (Å²) in [7, 11) is 1.58. The average molecular weight is 380 g/mol. The number of anilines is 1. The number of carbonyl (C=O) groups is 1. The number of amides is 1. The highest BCUT2D eigenvalue weighted by molar-refractivity contribution is 5.97. The summed E-state index contributed by atoms with van der Waals surface area (Å²) in [5, 5.41) is 0.841. The van der Waals surface area contributed by atoms with Crippen LogP contribution in [-0.2, 0) is 17.8 Å². The molecule has 0 unspecified atom stereocenters. The van der Waals surface area contributed by atoms with Crippen molar-refractivity contribution < 1.29 is 18.7 Å². The highest BCUT2D eigenvalue weighted by Crippen LogP contribution is 2.30. The van der Waals surface area contributed by atoms with Gasteiger partial charge in [-0.2, -0.15) is 0 Å². The molecule has 0 spiro atoms. The van der Waals surface area contributed by atoms with Gasteiger partial charge < -0.3 is 23.7 Å². The van der Waals surface area contributed by atoms with E-state index < -0.39 is 0 Å². The number of furan rings is 1. The quantitative estimate of drug-likeness (QED) is 0.689. The van der Waals surface area contributed by atoms with Crippen molar-refractivity contribution in [2.75, 3.05) is 38.3 Å². The molecular formula is C20H20N4O4. The number of fused-ring (bicyclic) bond motifs is 2. The molecule has 2 aliphatic heterocycles. The Morgan fingerprint density at radius 2 is 2.07 bits per heavy atom. The van der Waals surface area contributed by atoms with E-state index in [9.17, 15) is 4.79 Å². The molecule has 8 heteroatoms. The van der Waals surface area contributed by atoms with E-state index in [2.05, 4.69) is 14.9 Å². The second-order valence-corrected chi connectivity index (χ2v) is 6.89. The zero-order chi connectivity index (χ0) is 19.1. The summed E-state index contributed by atoms with van der Waals surface area (Å²) in [4.78, 5) is 26.0. The van der Waals surface area contributed by atoms with Crippen LogP contribution >= 0.6 is 0 Å². The standard InChI is InChI=1S/C20H20N4O4/c1-26-16-4-2-3-13-9-17(28-18(13)16)19(25)24-11-14-10-21-20(22-15(14)12-24)23-5-7-27-8-6-23/h2-4,9-10H,5-8,11-12H2,1H3. The van der Waals surface area contributed by atoms with Crippen molar-refractivity contribution in [3.05, 3.63) is 47.5 Å². The van der Waals surface area contributed by atoms with Gasteiger partial charge in [0, 0.05) is 36.8 Å². The van der Waals surface area contributed by atoms with Crippen LogP contribution in [0.25, 0.3) is 11.0 Å². The average Bonchev–Trinajstić information content (AvgIpc) is 3.37. The summed E-state index contributed by atoms with van der Waals surface area (Å²) in [5.41, 5.74) is 2.44. The van der Waals surface area contributed by atoms with Gasteiger partial charge in [-0.05, 0) is 12.1 Å². The molecule has 0 bridgehead atoms. The van der Waals surface area contributed by atoms with Gasteiger partial charge in [0.05, 0.1) is 32.6 Å². The normalized spacial score (nSPS) is 16.5. The first kappa shape index (κ1) is 17.0. The van der Waals surface area contributed by atoms with Gasteiger partial charge in [0.15, 0.2) is 17.1 Å². The van der Waals surface area contributed by atoms with Gasteiger partial charge in [-0.15, -0.1) is 0 Å². The molecule has 0 atom stereocenters. The molecule has 2 aromatic heterocycles. The van der Waals surface area contributed by atoms with Crippen molar-refractivity contribution in [2.45, 2.75) is 13.1 Å². The van der Waals surface area contributed by atoms with Crippen LogP contribution in [0.3, 0.4) is 0 Å². The molecule has 28 heavy (non-hydrogen) atoms. The SMILES string of the molecule is COc1cccc2cc(C(=O)N3Cc4cnc(N5CCOCC5)nc4C3)oc12. The fourth-order valence-electron chi connectivity index (χ4n) is 3.66. The topological polar surface area (TPSA) is 80.9 Å². The van der Waals surface area contributed by atoms with Crippen LogP contribution in [0.1, 0.15) is 21.8 Å². The van der Waals surface area contributed by atoms with Crippen molar-refractivity contribution >= 4 is 22.8 Å². The van der Waals surface area contributed by atoms with Crippen molar-refractivity contribution in [3.63, 3.8) is 0 Å². The van der Waals surface area contributed by atoms with Gasteiger partial charge >= 0.3 is 0 Å². The van der Waals surface area contributed by atoms with Crippen LogP contribution in [0, 0.1) is 0 Å². The summed E-state index contributed by atoms with van der Waals surface area (Å²) < 4.78 is 16.5. The number of benzene rings is 1. The smallest absolute Gasteiger partial charge is 0.290 e. The Labute approximate surface area is 161 Å². The van der Waals surface area contributed by atoms with Gasteiger partial charge in [-0.1, -0.05) is 12.1 Å². The van der Waals surface area contributed by atoms with E-state index in [-0.39, 0.29) is 5.91 Å². The van der Waals surface area contributed by atoms with E-state index in [0.717, 1.165) is 29.7 Å². The van der Waals surface area contributed by atoms with Gasteiger partial charge in [0.2, 0.25) is 5.95 Å². The number of morpholine rings is 1. The summed E-state index contributed by atoms with van der Waals surface area (Å²) in [6, 6.07) is 7.35. The van der Waals surface area contributed by atoms with Crippen molar-refractivity contribution in [3.8, 4) is 5.75 Å². The first-order valence-electron chi connectivity index (χ1n) is 9.26. The fraction of sp³-hybridized carbons (Fsp3) is 0.350. The van der Waals surface area contributed by atoms with E-state index >= 15 is 0 Å². The Morgan fingerprint density at radius 3 is 2.89 bits per heavy atom. The minimum atomic E-state index is -0.163. The van der Waals surface area contributed by atoms with Gasteiger partial charge in [-0.3, -0.25) is 4.79 Å². The lowest BCUT2D eigenvalue weighted by Gasteiger charge is -2.26. The van der Waals surface area contributed by atoms with Crippen molar-refractivity contribution in [2.24, 2.45) is 0 Å². The molecular weight excluding hydrogens is 360 g/mol. The predicted molar refractivity (Wildman–Crippen MR) is 101 cm³/mol. The van der Waals surface area contributed by atoms with Crippen molar-refractivity contribution in [1.29, 1.82) is 0 Å². The second kappa shape index (κ2) is 6.79. The number of carbonyl (C=O) groups excluding carboxylic acids is 1. The predicted octanol–water partition coefficient (Wildman–Crippen LogP) is 2.22. The Hall–Kier alpha value is -3.13.